The lowest BCUT2D eigenvalue weighted by Crippen LogP contribution is -2.13. The smallest absolute Gasteiger partial charge is 0.347 e. The summed E-state index contributed by atoms with van der Waals surface area (Å²) in [6, 6.07) is 7.12. The molecule has 0 saturated heterocycles. The van der Waals surface area contributed by atoms with Gasteiger partial charge in [0.2, 0.25) is 0 Å². The van der Waals surface area contributed by atoms with Gasteiger partial charge in [0.15, 0.2) is 0 Å². The predicted octanol–water partition coefficient (Wildman–Crippen LogP) is -0.0956. The van der Waals surface area contributed by atoms with Gasteiger partial charge in [-0.15, -0.1) is 0 Å². The maximum absolute atomic E-state index is 11.3. The molecule has 5 nitrogen and oxygen atoms in total. The Labute approximate surface area is 91.4 Å². The fourth-order valence-corrected chi connectivity index (χ4v) is 1.31. The standard InChI is InChI=1S/C11H9N3O2/c15-6-2-4-9-3-1-5-10(7-9)14-8-12-13-11(14)16/h1,3,5,7-8,15H,6H2,(H,13,16). The third-order valence-corrected chi connectivity index (χ3v) is 1.99. The lowest BCUT2D eigenvalue weighted by Gasteiger charge is -1.99. The molecule has 2 aromatic rings. The number of hydrogen-bond donors (Lipinski definition) is 2. The zero-order chi connectivity index (χ0) is 11.4. The number of aliphatic hydroxyl groups excluding tert-OH is 1. The van der Waals surface area contributed by atoms with Gasteiger partial charge in [0.1, 0.15) is 12.9 Å². The van der Waals surface area contributed by atoms with Gasteiger partial charge < -0.3 is 5.11 Å². The molecule has 2 rings (SSSR count). The van der Waals surface area contributed by atoms with Crippen molar-refractivity contribution in [2.24, 2.45) is 0 Å². The number of aromatic nitrogens is 3. The Morgan fingerprint density at radius 3 is 3.06 bits per heavy atom. The number of aliphatic hydroxyl groups is 1. The lowest BCUT2D eigenvalue weighted by atomic mass is 10.2. The third-order valence-electron chi connectivity index (χ3n) is 1.99. The van der Waals surface area contributed by atoms with E-state index in [-0.39, 0.29) is 12.3 Å². The van der Waals surface area contributed by atoms with Gasteiger partial charge in [0.25, 0.3) is 0 Å². The van der Waals surface area contributed by atoms with E-state index >= 15 is 0 Å². The molecular formula is C11H9N3O2. The van der Waals surface area contributed by atoms with Crippen LogP contribution in [-0.4, -0.2) is 26.5 Å². The number of hydrogen-bond acceptors (Lipinski definition) is 3. The molecule has 1 heterocycles. The van der Waals surface area contributed by atoms with Crippen LogP contribution in [0.25, 0.3) is 5.69 Å². The monoisotopic (exact) mass is 215 g/mol. The molecule has 0 spiro atoms. The van der Waals surface area contributed by atoms with Crippen molar-refractivity contribution in [1.82, 2.24) is 14.8 Å². The van der Waals surface area contributed by atoms with Gasteiger partial charge >= 0.3 is 5.69 Å². The Balaban J connectivity index is 2.44. The van der Waals surface area contributed by atoms with E-state index in [1.54, 1.807) is 24.3 Å². The van der Waals surface area contributed by atoms with E-state index in [1.807, 2.05) is 0 Å². The minimum absolute atomic E-state index is 0.185. The van der Waals surface area contributed by atoms with Crippen LogP contribution in [0.3, 0.4) is 0 Å². The van der Waals surface area contributed by atoms with Crippen molar-refractivity contribution in [1.29, 1.82) is 0 Å². The molecular weight excluding hydrogens is 206 g/mol. The molecule has 0 atom stereocenters. The van der Waals surface area contributed by atoms with E-state index in [2.05, 4.69) is 22.0 Å². The van der Waals surface area contributed by atoms with Crippen molar-refractivity contribution >= 4 is 0 Å². The van der Waals surface area contributed by atoms with Crippen molar-refractivity contribution in [3.63, 3.8) is 0 Å². The van der Waals surface area contributed by atoms with Crippen LogP contribution in [0, 0.1) is 11.8 Å². The van der Waals surface area contributed by atoms with Gasteiger partial charge in [-0.2, -0.15) is 5.10 Å². The minimum atomic E-state index is -0.299. The molecule has 2 N–H and O–H groups in total. The van der Waals surface area contributed by atoms with Gasteiger partial charge in [-0.05, 0) is 18.2 Å². The van der Waals surface area contributed by atoms with Crippen LogP contribution >= 0.6 is 0 Å². The second kappa shape index (κ2) is 4.47. The summed E-state index contributed by atoms with van der Waals surface area (Å²) in [6.45, 7) is -0.185. The van der Waals surface area contributed by atoms with Gasteiger partial charge in [-0.1, -0.05) is 17.9 Å². The highest BCUT2D eigenvalue weighted by molar-refractivity contribution is 5.43. The third kappa shape index (κ3) is 2.02. The van der Waals surface area contributed by atoms with Crippen LogP contribution in [0.1, 0.15) is 5.56 Å². The van der Waals surface area contributed by atoms with Gasteiger partial charge in [-0.3, -0.25) is 0 Å². The van der Waals surface area contributed by atoms with Gasteiger partial charge in [0.05, 0.1) is 5.69 Å². The predicted molar refractivity (Wildman–Crippen MR) is 58.1 cm³/mol. The summed E-state index contributed by atoms with van der Waals surface area (Å²) in [5.74, 6) is 5.32. The second-order valence-electron chi connectivity index (χ2n) is 3.04. The average molecular weight is 215 g/mol. The largest absolute Gasteiger partial charge is 0.384 e. The molecule has 5 heteroatoms. The van der Waals surface area contributed by atoms with Crippen LogP contribution in [-0.2, 0) is 0 Å². The van der Waals surface area contributed by atoms with Crippen molar-refractivity contribution in [3.05, 3.63) is 46.6 Å². The van der Waals surface area contributed by atoms with Crippen LogP contribution in [0.15, 0.2) is 35.4 Å². The molecule has 0 amide bonds. The Bertz CT molecular complexity index is 601. The molecule has 0 aliphatic rings. The lowest BCUT2D eigenvalue weighted by molar-refractivity contribution is 0.350. The fraction of sp³-hybridized carbons (Fsp3) is 0.0909. The van der Waals surface area contributed by atoms with Crippen molar-refractivity contribution in [2.75, 3.05) is 6.61 Å². The van der Waals surface area contributed by atoms with Crippen LogP contribution < -0.4 is 5.69 Å². The van der Waals surface area contributed by atoms with E-state index in [4.69, 9.17) is 5.11 Å². The molecule has 0 radical (unpaired) electrons. The summed E-state index contributed by atoms with van der Waals surface area (Å²) in [4.78, 5) is 11.3. The first-order chi connectivity index (χ1) is 7.81. The van der Waals surface area contributed by atoms with E-state index in [0.29, 0.717) is 5.69 Å². The van der Waals surface area contributed by atoms with Gasteiger partial charge in [-0.25, -0.2) is 14.5 Å². The highest BCUT2D eigenvalue weighted by Gasteiger charge is 2.00. The first-order valence-electron chi connectivity index (χ1n) is 4.63. The first-order valence-corrected chi connectivity index (χ1v) is 4.63. The average Bonchev–Trinajstić information content (AvgIpc) is 2.73. The van der Waals surface area contributed by atoms with Crippen LogP contribution in [0.2, 0.25) is 0 Å². The zero-order valence-corrected chi connectivity index (χ0v) is 8.34. The van der Waals surface area contributed by atoms with E-state index in [9.17, 15) is 4.79 Å². The number of nitrogens with zero attached hydrogens (tertiary/aromatic N) is 2. The second-order valence-corrected chi connectivity index (χ2v) is 3.04. The van der Waals surface area contributed by atoms with E-state index < -0.39 is 0 Å². The minimum Gasteiger partial charge on any atom is -0.384 e. The molecule has 1 aromatic carbocycles. The maximum Gasteiger partial charge on any atom is 0.347 e. The van der Waals surface area contributed by atoms with Crippen molar-refractivity contribution in [3.8, 4) is 17.5 Å². The summed E-state index contributed by atoms with van der Waals surface area (Å²) < 4.78 is 1.38. The summed E-state index contributed by atoms with van der Waals surface area (Å²) in [6.07, 6.45) is 1.40. The highest BCUT2D eigenvalue weighted by atomic mass is 16.2. The number of rotatable bonds is 1. The number of H-pyrrole nitrogens is 1. The molecule has 0 saturated carbocycles. The van der Waals surface area contributed by atoms with Crippen molar-refractivity contribution < 1.29 is 5.11 Å². The molecule has 1 aromatic heterocycles. The Kier molecular flexibility index (Phi) is 2.85. The molecule has 0 bridgehead atoms. The Morgan fingerprint density at radius 1 is 1.50 bits per heavy atom. The fourth-order valence-electron chi connectivity index (χ4n) is 1.31. The molecule has 0 aliphatic heterocycles. The summed E-state index contributed by atoms with van der Waals surface area (Å²) >= 11 is 0. The molecule has 16 heavy (non-hydrogen) atoms. The first kappa shape index (κ1) is 10.2. The summed E-state index contributed by atoms with van der Waals surface area (Å²) in [5, 5.41) is 14.5. The maximum atomic E-state index is 11.3. The van der Waals surface area contributed by atoms with E-state index in [0.717, 1.165) is 5.56 Å². The molecule has 0 unspecified atom stereocenters. The SMILES string of the molecule is O=c1[nH]ncn1-c1cccc(C#CCO)c1. The number of nitrogens with one attached hydrogen (secondary N) is 1. The topological polar surface area (TPSA) is 70.9 Å². The number of benzene rings is 1. The molecule has 0 aliphatic carbocycles. The Morgan fingerprint density at radius 2 is 2.38 bits per heavy atom. The normalized spacial score (nSPS) is 9.56. The molecule has 0 fully saturated rings. The number of aromatic amines is 1. The van der Waals surface area contributed by atoms with E-state index in [1.165, 1.54) is 10.9 Å². The summed E-state index contributed by atoms with van der Waals surface area (Å²) in [5.41, 5.74) is 1.12. The zero-order valence-electron chi connectivity index (χ0n) is 8.34. The van der Waals surface area contributed by atoms with Crippen molar-refractivity contribution in [2.45, 2.75) is 0 Å². The van der Waals surface area contributed by atoms with Crippen LogP contribution in [0.4, 0.5) is 0 Å². The summed E-state index contributed by atoms with van der Waals surface area (Å²) in [7, 11) is 0. The quantitative estimate of drug-likeness (QED) is 0.653. The van der Waals surface area contributed by atoms with Crippen LogP contribution in [0.5, 0.6) is 0 Å². The van der Waals surface area contributed by atoms with Gasteiger partial charge in [0, 0.05) is 5.56 Å². The highest BCUT2D eigenvalue weighted by Crippen LogP contribution is 2.06. The Hall–Kier alpha value is -2.32. The molecule has 80 valence electrons.